The molecule has 0 aromatic rings. The second kappa shape index (κ2) is 1.68. The SMILES string of the molecule is N#CC1(C#N)C=NN=C1. The Hall–Kier alpha value is -1.68. The lowest BCUT2D eigenvalue weighted by Gasteiger charge is -1.95. The molecular formula is C5H2N4. The summed E-state index contributed by atoms with van der Waals surface area (Å²) in [6, 6.07) is 3.53. The Morgan fingerprint density at radius 1 is 1.11 bits per heavy atom. The maximum Gasteiger partial charge on any atom is 0.216 e. The molecule has 1 heterocycles. The Bertz CT molecular complexity index is 221. The summed E-state index contributed by atoms with van der Waals surface area (Å²) >= 11 is 0. The van der Waals surface area contributed by atoms with Crippen LogP contribution < -0.4 is 0 Å². The van der Waals surface area contributed by atoms with Crippen LogP contribution in [0.5, 0.6) is 0 Å². The first kappa shape index (κ1) is 5.46. The summed E-state index contributed by atoms with van der Waals surface area (Å²) in [5, 5.41) is 23.5. The van der Waals surface area contributed by atoms with Crippen LogP contribution in [0.2, 0.25) is 0 Å². The van der Waals surface area contributed by atoms with E-state index in [1.807, 2.05) is 0 Å². The van der Waals surface area contributed by atoms with Crippen LogP contribution in [0.15, 0.2) is 10.2 Å². The highest BCUT2D eigenvalue weighted by Crippen LogP contribution is 2.11. The summed E-state index contributed by atoms with van der Waals surface area (Å²) in [7, 11) is 0. The predicted octanol–water partition coefficient (Wildman–Crippen LogP) is 0.0902. The van der Waals surface area contributed by atoms with Crippen LogP contribution >= 0.6 is 0 Å². The molecule has 0 saturated heterocycles. The van der Waals surface area contributed by atoms with Gasteiger partial charge in [0.25, 0.3) is 0 Å². The lowest BCUT2D eigenvalue weighted by atomic mass is 9.97. The molecule has 0 fully saturated rings. The summed E-state index contributed by atoms with van der Waals surface area (Å²) in [4.78, 5) is 0. The van der Waals surface area contributed by atoms with Crippen molar-refractivity contribution in [2.75, 3.05) is 0 Å². The third-order valence-corrected chi connectivity index (χ3v) is 0.959. The smallest absolute Gasteiger partial charge is 0.196 e. The summed E-state index contributed by atoms with van der Waals surface area (Å²) in [5.74, 6) is 0. The number of rotatable bonds is 0. The van der Waals surface area contributed by atoms with E-state index in [1.54, 1.807) is 12.1 Å². The van der Waals surface area contributed by atoms with Gasteiger partial charge < -0.3 is 0 Å². The van der Waals surface area contributed by atoms with Crippen molar-refractivity contribution < 1.29 is 0 Å². The summed E-state index contributed by atoms with van der Waals surface area (Å²) in [6.45, 7) is 0. The van der Waals surface area contributed by atoms with Crippen molar-refractivity contribution in [2.45, 2.75) is 0 Å². The van der Waals surface area contributed by atoms with Crippen molar-refractivity contribution in [1.29, 1.82) is 10.5 Å². The Morgan fingerprint density at radius 3 is 1.78 bits per heavy atom. The molecule has 0 aromatic heterocycles. The lowest BCUT2D eigenvalue weighted by Crippen LogP contribution is -2.15. The second-order valence-corrected chi connectivity index (χ2v) is 1.58. The van der Waals surface area contributed by atoms with Gasteiger partial charge in [-0.15, -0.1) is 0 Å². The molecule has 0 aromatic carbocycles. The van der Waals surface area contributed by atoms with Gasteiger partial charge in [-0.2, -0.15) is 20.7 Å². The van der Waals surface area contributed by atoms with Gasteiger partial charge in [-0.25, -0.2) is 0 Å². The summed E-state index contributed by atoms with van der Waals surface area (Å²) in [6.07, 6.45) is 2.43. The van der Waals surface area contributed by atoms with E-state index in [1.165, 1.54) is 12.4 Å². The predicted molar refractivity (Wildman–Crippen MR) is 30.6 cm³/mol. The largest absolute Gasteiger partial charge is 0.216 e. The molecule has 0 atom stereocenters. The standard InChI is InChI=1S/C5H2N4/c6-1-5(2-7)3-8-9-4-5/h3-4H. The molecule has 1 aliphatic heterocycles. The molecule has 0 saturated carbocycles. The van der Waals surface area contributed by atoms with Crippen molar-refractivity contribution in [3.8, 4) is 12.1 Å². The van der Waals surface area contributed by atoms with Crippen LogP contribution in [0, 0.1) is 28.1 Å². The molecule has 0 amide bonds. The molecule has 4 heteroatoms. The maximum absolute atomic E-state index is 8.36. The van der Waals surface area contributed by atoms with E-state index in [-0.39, 0.29) is 0 Å². The van der Waals surface area contributed by atoms with E-state index in [9.17, 15) is 0 Å². The molecule has 0 radical (unpaired) electrons. The number of hydrogen-bond acceptors (Lipinski definition) is 4. The van der Waals surface area contributed by atoms with E-state index in [0.717, 1.165) is 0 Å². The van der Waals surface area contributed by atoms with Crippen LogP contribution in [0.3, 0.4) is 0 Å². The molecule has 0 aliphatic carbocycles. The van der Waals surface area contributed by atoms with Crippen molar-refractivity contribution in [3.05, 3.63) is 0 Å². The van der Waals surface area contributed by atoms with E-state index in [4.69, 9.17) is 10.5 Å². The molecule has 42 valence electrons. The molecule has 9 heavy (non-hydrogen) atoms. The van der Waals surface area contributed by atoms with Gasteiger partial charge in [0.2, 0.25) is 5.41 Å². The van der Waals surface area contributed by atoms with E-state index in [0.29, 0.717) is 0 Å². The summed E-state index contributed by atoms with van der Waals surface area (Å²) in [5.41, 5.74) is -1.19. The average Bonchev–Trinajstić information content (AvgIpc) is 2.36. The van der Waals surface area contributed by atoms with Crippen LogP contribution in [-0.2, 0) is 0 Å². The molecular weight excluding hydrogens is 116 g/mol. The number of nitrogens with zero attached hydrogens (tertiary/aromatic N) is 4. The van der Waals surface area contributed by atoms with Gasteiger partial charge in [0.15, 0.2) is 0 Å². The first-order chi connectivity index (χ1) is 4.33. The minimum Gasteiger partial charge on any atom is -0.196 e. The zero-order valence-electron chi connectivity index (χ0n) is 4.44. The normalized spacial score (nSPS) is 18.9. The summed E-state index contributed by atoms with van der Waals surface area (Å²) < 4.78 is 0. The Kier molecular flexibility index (Phi) is 1.02. The molecule has 0 N–H and O–H groups in total. The first-order valence-electron chi connectivity index (χ1n) is 2.24. The minimum absolute atomic E-state index is 1.19. The lowest BCUT2D eigenvalue weighted by molar-refractivity contribution is 1.05. The second-order valence-electron chi connectivity index (χ2n) is 1.58. The van der Waals surface area contributed by atoms with Crippen molar-refractivity contribution in [3.63, 3.8) is 0 Å². The molecule has 0 unspecified atom stereocenters. The first-order valence-corrected chi connectivity index (χ1v) is 2.24. The van der Waals surface area contributed by atoms with Crippen molar-refractivity contribution >= 4 is 12.4 Å². The van der Waals surface area contributed by atoms with Gasteiger partial charge in [-0.3, -0.25) is 0 Å². The van der Waals surface area contributed by atoms with Gasteiger partial charge in [0, 0.05) is 0 Å². The average molecular weight is 118 g/mol. The molecule has 4 nitrogen and oxygen atoms in total. The highest BCUT2D eigenvalue weighted by atomic mass is 15.2. The molecule has 1 rings (SSSR count). The highest BCUT2D eigenvalue weighted by Gasteiger charge is 2.28. The third-order valence-electron chi connectivity index (χ3n) is 0.959. The molecule has 0 bridgehead atoms. The van der Waals surface area contributed by atoms with E-state index >= 15 is 0 Å². The van der Waals surface area contributed by atoms with Crippen LogP contribution in [0.4, 0.5) is 0 Å². The fourth-order valence-corrected chi connectivity index (χ4v) is 0.423. The monoisotopic (exact) mass is 118 g/mol. The Labute approximate surface area is 51.7 Å². The van der Waals surface area contributed by atoms with Gasteiger partial charge in [-0.1, -0.05) is 0 Å². The topological polar surface area (TPSA) is 72.3 Å². The molecule has 0 spiro atoms. The zero-order valence-corrected chi connectivity index (χ0v) is 4.44. The number of hydrogen-bond donors (Lipinski definition) is 0. The van der Waals surface area contributed by atoms with Gasteiger partial charge in [0.05, 0.1) is 24.6 Å². The number of nitriles is 2. The Morgan fingerprint density at radius 2 is 1.56 bits per heavy atom. The molecule has 1 aliphatic rings. The Balaban J connectivity index is 3.03. The van der Waals surface area contributed by atoms with Gasteiger partial charge in [0.1, 0.15) is 0 Å². The van der Waals surface area contributed by atoms with E-state index in [2.05, 4.69) is 10.2 Å². The maximum atomic E-state index is 8.36. The third kappa shape index (κ3) is 0.665. The fraction of sp³-hybridized carbons (Fsp3) is 0.200. The quantitative estimate of drug-likeness (QED) is 0.452. The van der Waals surface area contributed by atoms with Crippen LogP contribution in [-0.4, -0.2) is 12.4 Å². The van der Waals surface area contributed by atoms with Crippen molar-refractivity contribution in [2.24, 2.45) is 15.6 Å². The fourth-order valence-electron chi connectivity index (χ4n) is 0.423. The van der Waals surface area contributed by atoms with Gasteiger partial charge >= 0.3 is 0 Å². The van der Waals surface area contributed by atoms with Crippen molar-refractivity contribution in [1.82, 2.24) is 0 Å². The highest BCUT2D eigenvalue weighted by molar-refractivity contribution is 5.99. The van der Waals surface area contributed by atoms with Crippen LogP contribution in [0.25, 0.3) is 0 Å². The zero-order chi connectivity index (χ0) is 6.74. The van der Waals surface area contributed by atoms with E-state index < -0.39 is 5.41 Å². The van der Waals surface area contributed by atoms with Gasteiger partial charge in [-0.05, 0) is 0 Å². The van der Waals surface area contributed by atoms with Crippen LogP contribution in [0.1, 0.15) is 0 Å². The minimum atomic E-state index is -1.19.